The number of nitrogens with one attached hydrogen (secondary N) is 1. The number of allylic oxidation sites excluding steroid dienone is 1. The second kappa shape index (κ2) is 10.9. The van der Waals surface area contributed by atoms with Crippen LogP contribution in [-0.2, 0) is 14.9 Å². The number of methoxy groups -OCH3 is 1. The van der Waals surface area contributed by atoms with E-state index in [9.17, 15) is 9.90 Å². The van der Waals surface area contributed by atoms with Gasteiger partial charge in [-0.15, -0.1) is 5.92 Å². The van der Waals surface area contributed by atoms with Crippen molar-refractivity contribution >= 4 is 29.3 Å². The molecule has 0 heterocycles. The first-order valence-electron chi connectivity index (χ1n) is 12.5. The van der Waals surface area contributed by atoms with Gasteiger partial charge in [0.2, 0.25) is 0 Å². The lowest BCUT2D eigenvalue weighted by Crippen LogP contribution is -2.52. The number of benzene rings is 2. The lowest BCUT2D eigenvalue weighted by atomic mass is 9.61. The quantitative estimate of drug-likeness (QED) is 0.349. The van der Waals surface area contributed by atoms with Crippen LogP contribution in [0.2, 0.25) is 5.02 Å². The van der Waals surface area contributed by atoms with Gasteiger partial charge in [0.1, 0.15) is 5.54 Å². The smallest absolute Gasteiger partial charge is 0.331 e. The summed E-state index contributed by atoms with van der Waals surface area (Å²) in [4.78, 5) is 13.1. The average molecular weight is 492 g/mol. The van der Waals surface area contributed by atoms with Crippen LogP contribution < -0.4 is 5.32 Å². The van der Waals surface area contributed by atoms with Crippen molar-refractivity contribution < 1.29 is 14.6 Å². The highest BCUT2D eigenvalue weighted by Gasteiger charge is 2.52. The minimum Gasteiger partial charge on any atom is -0.467 e. The molecule has 184 valence electrons. The van der Waals surface area contributed by atoms with Gasteiger partial charge in [-0.1, -0.05) is 66.4 Å². The van der Waals surface area contributed by atoms with Gasteiger partial charge in [0.25, 0.3) is 0 Å². The van der Waals surface area contributed by atoms with E-state index in [2.05, 4.69) is 54.4 Å². The fraction of sp³-hybridized carbons (Fsp3) is 0.433. The van der Waals surface area contributed by atoms with Crippen LogP contribution >= 0.6 is 11.6 Å². The van der Waals surface area contributed by atoms with Gasteiger partial charge in [-0.05, 0) is 67.9 Å². The van der Waals surface area contributed by atoms with E-state index in [1.807, 2.05) is 24.3 Å². The molecule has 1 atom stereocenters. The number of hydrogen-bond donors (Lipinski definition) is 2. The van der Waals surface area contributed by atoms with E-state index >= 15 is 0 Å². The predicted molar refractivity (Wildman–Crippen MR) is 142 cm³/mol. The summed E-state index contributed by atoms with van der Waals surface area (Å²) in [6.45, 7) is 2.16. The van der Waals surface area contributed by atoms with Crippen LogP contribution in [0.1, 0.15) is 63.0 Å². The molecule has 0 radical (unpaired) electrons. The number of carbonyl (C=O) groups excluding carboxylic acids is 1. The summed E-state index contributed by atoms with van der Waals surface area (Å²) >= 11 is 6.21. The van der Waals surface area contributed by atoms with Crippen molar-refractivity contribution in [2.45, 2.75) is 62.8 Å². The number of hydrogen-bond acceptors (Lipinski definition) is 4. The first kappa shape index (κ1) is 25.4. The number of anilines is 1. The molecule has 35 heavy (non-hydrogen) atoms. The molecular formula is C30H34ClNO3. The molecule has 1 saturated carbocycles. The number of fused-ring (bicyclic) bond motifs is 2. The van der Waals surface area contributed by atoms with Gasteiger partial charge in [0, 0.05) is 28.5 Å². The van der Waals surface area contributed by atoms with E-state index in [1.54, 1.807) is 0 Å². The number of ether oxygens (including phenoxy) is 1. The molecule has 4 rings (SSSR count). The first-order chi connectivity index (χ1) is 17.0. The highest BCUT2D eigenvalue weighted by atomic mass is 35.5. The second-order valence-corrected chi connectivity index (χ2v) is 10.1. The number of aliphatic hydroxyl groups is 1. The van der Waals surface area contributed by atoms with Gasteiger partial charge in [0.15, 0.2) is 0 Å². The molecular weight excluding hydrogens is 458 g/mol. The van der Waals surface area contributed by atoms with Crippen LogP contribution in [0.5, 0.6) is 0 Å². The maximum atomic E-state index is 13.1. The molecule has 5 heteroatoms. The highest BCUT2D eigenvalue weighted by molar-refractivity contribution is 6.30. The van der Waals surface area contributed by atoms with Crippen LogP contribution in [0.3, 0.4) is 0 Å². The summed E-state index contributed by atoms with van der Waals surface area (Å²) in [5.74, 6) is 6.17. The van der Waals surface area contributed by atoms with Crippen LogP contribution in [-0.4, -0.2) is 30.3 Å². The summed E-state index contributed by atoms with van der Waals surface area (Å²) < 4.78 is 5.28. The van der Waals surface area contributed by atoms with Crippen LogP contribution in [0.4, 0.5) is 5.69 Å². The van der Waals surface area contributed by atoms with Gasteiger partial charge >= 0.3 is 5.97 Å². The first-order valence-corrected chi connectivity index (χ1v) is 12.9. The lowest BCUT2D eigenvalue weighted by Gasteiger charge is -2.46. The Labute approximate surface area is 213 Å². The van der Waals surface area contributed by atoms with E-state index in [1.165, 1.54) is 23.8 Å². The largest absolute Gasteiger partial charge is 0.467 e. The summed E-state index contributed by atoms with van der Waals surface area (Å²) in [5.41, 5.74) is 3.69. The summed E-state index contributed by atoms with van der Waals surface area (Å²) in [5, 5.41) is 14.2. The molecule has 0 bridgehead atoms. The number of halogens is 1. The van der Waals surface area contributed by atoms with Crippen molar-refractivity contribution in [2.24, 2.45) is 5.92 Å². The molecule has 1 unspecified atom stereocenters. The van der Waals surface area contributed by atoms with Gasteiger partial charge in [-0.2, -0.15) is 0 Å². The molecule has 2 aromatic carbocycles. The molecule has 0 amide bonds. The minimum atomic E-state index is -0.815. The number of carbonyl (C=O) groups is 1. The Bertz CT molecular complexity index is 1150. The molecule has 0 aliphatic heterocycles. The number of esters is 1. The number of unbranched alkanes of at least 4 members (excludes halogenated alkanes) is 1. The van der Waals surface area contributed by atoms with Gasteiger partial charge in [-0.3, -0.25) is 0 Å². The summed E-state index contributed by atoms with van der Waals surface area (Å²) in [6, 6.07) is 16.0. The standard InChI is InChI=1S/C30H34ClNO3/c1-3-4-5-9-22(21-33)18-24-19-23-10-6-7-13-27(23)29(24)14-16-30(17-15-29,28(34)35-2)32-26-12-8-11-25(31)20-26/h6-8,10-13,19-20,22,32-33H,3-4,14-18,21H2,1-2H3. The van der Waals surface area contributed by atoms with E-state index in [4.69, 9.17) is 16.3 Å². The molecule has 2 aliphatic rings. The maximum Gasteiger partial charge on any atom is 0.331 e. The Balaban J connectivity index is 1.64. The van der Waals surface area contributed by atoms with E-state index in [0.29, 0.717) is 17.9 Å². The molecule has 2 aromatic rings. The Hall–Kier alpha value is -2.74. The normalized spacial score (nSPS) is 23.6. The Kier molecular flexibility index (Phi) is 7.89. The van der Waals surface area contributed by atoms with E-state index in [-0.39, 0.29) is 23.9 Å². The van der Waals surface area contributed by atoms with Crippen molar-refractivity contribution in [1.29, 1.82) is 0 Å². The van der Waals surface area contributed by atoms with Crippen LogP contribution in [0, 0.1) is 17.8 Å². The molecule has 1 fully saturated rings. The minimum absolute atomic E-state index is 0.0445. The zero-order chi connectivity index (χ0) is 24.9. The van der Waals surface area contributed by atoms with E-state index in [0.717, 1.165) is 37.8 Å². The van der Waals surface area contributed by atoms with Gasteiger partial charge < -0.3 is 15.2 Å². The third kappa shape index (κ3) is 5.13. The third-order valence-corrected chi connectivity index (χ3v) is 7.77. The van der Waals surface area contributed by atoms with Crippen molar-refractivity contribution in [3.63, 3.8) is 0 Å². The van der Waals surface area contributed by atoms with Crippen LogP contribution in [0.25, 0.3) is 6.08 Å². The predicted octanol–water partition coefficient (Wildman–Crippen LogP) is 6.37. The topological polar surface area (TPSA) is 58.6 Å². The molecule has 0 aromatic heterocycles. The zero-order valence-corrected chi connectivity index (χ0v) is 21.3. The van der Waals surface area contributed by atoms with E-state index < -0.39 is 5.54 Å². The highest BCUT2D eigenvalue weighted by Crippen LogP contribution is 2.55. The maximum absolute atomic E-state index is 13.1. The number of rotatable bonds is 7. The van der Waals surface area contributed by atoms with Crippen LogP contribution in [0.15, 0.2) is 54.1 Å². The summed E-state index contributed by atoms with van der Waals surface area (Å²) in [7, 11) is 1.45. The molecule has 1 spiro atoms. The lowest BCUT2D eigenvalue weighted by molar-refractivity contribution is -0.147. The zero-order valence-electron chi connectivity index (χ0n) is 20.6. The number of aliphatic hydroxyl groups excluding tert-OH is 1. The van der Waals surface area contributed by atoms with Gasteiger partial charge in [-0.25, -0.2) is 4.79 Å². The fourth-order valence-electron chi connectivity index (χ4n) is 5.69. The van der Waals surface area contributed by atoms with Crippen molar-refractivity contribution in [1.82, 2.24) is 0 Å². The molecule has 0 saturated heterocycles. The monoisotopic (exact) mass is 491 g/mol. The molecule has 4 nitrogen and oxygen atoms in total. The summed E-state index contributed by atoms with van der Waals surface area (Å²) in [6.07, 6.45) is 7.74. The molecule has 2 aliphatic carbocycles. The Morgan fingerprint density at radius 1 is 1.17 bits per heavy atom. The fourth-order valence-corrected chi connectivity index (χ4v) is 5.88. The van der Waals surface area contributed by atoms with Crippen molar-refractivity contribution in [3.8, 4) is 11.8 Å². The van der Waals surface area contributed by atoms with Gasteiger partial charge in [0.05, 0.1) is 13.7 Å². The third-order valence-electron chi connectivity index (χ3n) is 7.53. The molecule has 2 N–H and O–H groups in total. The second-order valence-electron chi connectivity index (χ2n) is 9.70. The Morgan fingerprint density at radius 3 is 2.63 bits per heavy atom. The average Bonchev–Trinajstić information content (AvgIpc) is 3.17. The van der Waals surface area contributed by atoms with Crippen molar-refractivity contribution in [3.05, 3.63) is 70.3 Å². The van der Waals surface area contributed by atoms with Crippen molar-refractivity contribution in [2.75, 3.05) is 19.0 Å². The Morgan fingerprint density at radius 2 is 1.94 bits per heavy atom. The SMILES string of the molecule is CCCC#CC(CO)CC1=Cc2ccccc2C12CCC(Nc1cccc(Cl)c1)(C(=O)OC)CC2.